The quantitative estimate of drug-likeness (QED) is 0.862. The summed E-state index contributed by atoms with van der Waals surface area (Å²) in [4.78, 5) is 24.7. The molecule has 0 spiro atoms. The van der Waals surface area contributed by atoms with Crippen LogP contribution in [0.2, 0.25) is 0 Å². The molecule has 0 saturated heterocycles. The van der Waals surface area contributed by atoms with Crippen LogP contribution in [0.4, 0.5) is 13.2 Å². The molecule has 0 unspecified atom stereocenters. The Hall–Kier alpha value is -1.61. The van der Waals surface area contributed by atoms with Gasteiger partial charge in [0.15, 0.2) is 0 Å². The van der Waals surface area contributed by atoms with Crippen molar-refractivity contribution in [1.29, 1.82) is 0 Å². The highest BCUT2D eigenvalue weighted by atomic mass is 32.1. The minimum atomic E-state index is -4.64. The molecule has 0 amide bonds. The highest BCUT2D eigenvalue weighted by Crippen LogP contribution is 2.22. The zero-order valence-corrected chi connectivity index (χ0v) is 12.2. The molecule has 0 bridgehead atoms. The van der Waals surface area contributed by atoms with Gasteiger partial charge in [0.2, 0.25) is 0 Å². The van der Waals surface area contributed by atoms with Crippen molar-refractivity contribution >= 4 is 21.6 Å². The molecule has 0 aliphatic carbocycles. The van der Waals surface area contributed by atoms with Gasteiger partial charge in [-0.3, -0.25) is 13.9 Å². The number of alkyl halides is 3. The fourth-order valence-electron chi connectivity index (χ4n) is 2.04. The summed E-state index contributed by atoms with van der Waals surface area (Å²) in [6, 6.07) is 0. The number of ether oxygens (including phenoxy) is 1. The van der Waals surface area contributed by atoms with Crippen LogP contribution in [0.25, 0.3) is 10.2 Å². The zero-order chi connectivity index (χ0) is 15.8. The third kappa shape index (κ3) is 3.03. The van der Waals surface area contributed by atoms with E-state index in [2.05, 4.69) is 0 Å². The van der Waals surface area contributed by atoms with Crippen LogP contribution in [-0.4, -0.2) is 29.0 Å². The van der Waals surface area contributed by atoms with Gasteiger partial charge in [-0.05, 0) is 17.9 Å². The van der Waals surface area contributed by atoms with Gasteiger partial charge in [0.1, 0.15) is 11.4 Å². The number of methoxy groups -OCH3 is 1. The summed E-state index contributed by atoms with van der Waals surface area (Å²) >= 11 is 1.16. The second-order valence-corrected chi connectivity index (χ2v) is 5.39. The third-order valence-corrected chi connectivity index (χ3v) is 4.10. The summed E-state index contributed by atoms with van der Waals surface area (Å²) in [5.74, 6) is 0. The molecule has 0 atom stereocenters. The van der Waals surface area contributed by atoms with E-state index in [-0.39, 0.29) is 23.1 Å². The molecule has 9 heteroatoms. The Balaban J connectivity index is 2.76. The number of nitrogens with zero attached hydrogens (tertiary/aromatic N) is 2. The van der Waals surface area contributed by atoms with E-state index in [9.17, 15) is 22.8 Å². The Bertz CT molecular complexity index is 773. The molecule has 21 heavy (non-hydrogen) atoms. The van der Waals surface area contributed by atoms with Crippen molar-refractivity contribution in [3.8, 4) is 0 Å². The highest BCUT2D eigenvalue weighted by Gasteiger charge is 2.31. The van der Waals surface area contributed by atoms with Crippen molar-refractivity contribution in [2.75, 3.05) is 13.7 Å². The lowest BCUT2D eigenvalue weighted by Gasteiger charge is -2.13. The van der Waals surface area contributed by atoms with Gasteiger partial charge in [0.25, 0.3) is 5.56 Å². The van der Waals surface area contributed by atoms with Crippen LogP contribution < -0.4 is 11.2 Å². The van der Waals surface area contributed by atoms with Crippen molar-refractivity contribution in [1.82, 2.24) is 9.13 Å². The van der Waals surface area contributed by atoms with Crippen molar-refractivity contribution in [3.63, 3.8) is 0 Å². The summed E-state index contributed by atoms with van der Waals surface area (Å²) in [7, 11) is 1.42. The number of aromatic nitrogens is 2. The largest absolute Gasteiger partial charge is 0.406 e. The molecular formula is C12H13F3N2O3S. The number of hydrogen-bond donors (Lipinski definition) is 0. The van der Waals surface area contributed by atoms with Crippen molar-refractivity contribution in [3.05, 3.63) is 31.8 Å². The normalized spacial score (nSPS) is 12.2. The molecule has 0 N–H and O–H groups in total. The van der Waals surface area contributed by atoms with E-state index in [4.69, 9.17) is 4.74 Å². The Morgan fingerprint density at radius 2 is 1.95 bits per heavy atom. The average molecular weight is 322 g/mol. The Labute approximate surface area is 121 Å². The van der Waals surface area contributed by atoms with Gasteiger partial charge < -0.3 is 4.74 Å². The van der Waals surface area contributed by atoms with Crippen LogP contribution in [0.1, 0.15) is 5.56 Å². The van der Waals surface area contributed by atoms with Crippen LogP contribution in [-0.2, 0) is 17.8 Å². The monoisotopic (exact) mass is 322 g/mol. The Morgan fingerprint density at radius 1 is 1.29 bits per heavy atom. The van der Waals surface area contributed by atoms with Crippen molar-refractivity contribution in [2.45, 2.75) is 26.2 Å². The molecule has 0 aliphatic rings. The number of rotatable bonds is 4. The lowest BCUT2D eigenvalue weighted by Crippen LogP contribution is -2.43. The van der Waals surface area contributed by atoms with Crippen LogP contribution in [0.15, 0.2) is 15.0 Å². The van der Waals surface area contributed by atoms with E-state index >= 15 is 0 Å². The maximum atomic E-state index is 12.6. The average Bonchev–Trinajstić information content (AvgIpc) is 2.75. The van der Waals surface area contributed by atoms with Crippen molar-refractivity contribution in [2.24, 2.45) is 0 Å². The van der Waals surface area contributed by atoms with Gasteiger partial charge in [-0.25, -0.2) is 4.79 Å². The second kappa shape index (κ2) is 5.64. The molecule has 0 aliphatic heterocycles. The molecule has 5 nitrogen and oxygen atoms in total. The van der Waals surface area contributed by atoms with E-state index in [0.717, 1.165) is 15.9 Å². The third-order valence-electron chi connectivity index (χ3n) is 2.98. The smallest absolute Gasteiger partial charge is 0.383 e. The summed E-state index contributed by atoms with van der Waals surface area (Å²) < 4.78 is 44.0. The predicted octanol–water partition coefficient (Wildman–Crippen LogP) is 1.74. The molecular weight excluding hydrogens is 309 g/mol. The molecule has 0 radical (unpaired) electrons. The van der Waals surface area contributed by atoms with Crippen LogP contribution in [0.3, 0.4) is 0 Å². The lowest BCUT2D eigenvalue weighted by atomic mass is 10.2. The first-order chi connectivity index (χ1) is 9.76. The van der Waals surface area contributed by atoms with Gasteiger partial charge in [-0.2, -0.15) is 13.2 Å². The number of halogens is 3. The topological polar surface area (TPSA) is 53.2 Å². The van der Waals surface area contributed by atoms with Crippen LogP contribution in [0, 0.1) is 6.92 Å². The Kier molecular flexibility index (Phi) is 4.24. The first-order valence-electron chi connectivity index (χ1n) is 6.03. The van der Waals surface area contributed by atoms with E-state index in [0.29, 0.717) is 10.4 Å². The number of aryl methyl sites for hydroxylation is 1. The minimum absolute atomic E-state index is 0.0872. The van der Waals surface area contributed by atoms with Gasteiger partial charge >= 0.3 is 11.9 Å². The zero-order valence-electron chi connectivity index (χ0n) is 11.4. The first kappa shape index (κ1) is 15.8. The highest BCUT2D eigenvalue weighted by molar-refractivity contribution is 7.17. The van der Waals surface area contributed by atoms with Gasteiger partial charge in [-0.15, -0.1) is 11.3 Å². The SMILES string of the molecule is COCCn1c(=O)n(CC(F)(F)F)c(=O)c2c(C)csc21. The first-order valence-corrected chi connectivity index (χ1v) is 6.91. The number of fused-ring (bicyclic) bond motifs is 1. The minimum Gasteiger partial charge on any atom is -0.383 e. The maximum absolute atomic E-state index is 12.6. The fraction of sp³-hybridized carbons (Fsp3) is 0.500. The molecule has 116 valence electrons. The molecule has 2 aromatic heterocycles. The van der Waals surface area contributed by atoms with E-state index in [1.165, 1.54) is 7.11 Å². The Morgan fingerprint density at radius 3 is 2.52 bits per heavy atom. The van der Waals surface area contributed by atoms with Gasteiger partial charge in [0.05, 0.1) is 18.5 Å². The number of thiophene rings is 1. The van der Waals surface area contributed by atoms with Crippen molar-refractivity contribution < 1.29 is 17.9 Å². The molecule has 0 fully saturated rings. The van der Waals surface area contributed by atoms with Crippen LogP contribution >= 0.6 is 11.3 Å². The van der Waals surface area contributed by atoms with Gasteiger partial charge in [0, 0.05) is 7.11 Å². The van der Waals surface area contributed by atoms with E-state index < -0.39 is 24.0 Å². The lowest BCUT2D eigenvalue weighted by molar-refractivity contribution is -0.141. The van der Waals surface area contributed by atoms with E-state index in [1.807, 2.05) is 0 Å². The van der Waals surface area contributed by atoms with Gasteiger partial charge in [-0.1, -0.05) is 0 Å². The fourth-order valence-corrected chi connectivity index (χ4v) is 3.11. The maximum Gasteiger partial charge on any atom is 0.406 e. The second-order valence-electron chi connectivity index (χ2n) is 4.53. The predicted molar refractivity (Wildman–Crippen MR) is 73.0 cm³/mol. The van der Waals surface area contributed by atoms with Crippen LogP contribution in [0.5, 0.6) is 0 Å². The standard InChI is InChI=1S/C12H13F3N2O3S/c1-7-5-21-10-8(7)9(18)17(6-12(13,14)15)11(19)16(10)3-4-20-2/h5H,3-4,6H2,1-2H3. The molecule has 2 aromatic rings. The summed E-state index contributed by atoms with van der Waals surface area (Å²) in [5, 5.41) is 1.80. The summed E-state index contributed by atoms with van der Waals surface area (Å²) in [6.07, 6.45) is -4.64. The number of hydrogen-bond acceptors (Lipinski definition) is 4. The van der Waals surface area contributed by atoms with E-state index in [1.54, 1.807) is 12.3 Å². The molecule has 0 saturated carbocycles. The molecule has 2 heterocycles. The summed E-state index contributed by atoms with van der Waals surface area (Å²) in [6.45, 7) is 0.284. The molecule has 2 rings (SSSR count). The summed E-state index contributed by atoms with van der Waals surface area (Å²) in [5.41, 5.74) is -1.31. The molecule has 0 aromatic carbocycles.